The summed E-state index contributed by atoms with van der Waals surface area (Å²) in [6.45, 7) is 3.44. The molecule has 0 saturated heterocycles. The Hall–Kier alpha value is -2.42. The van der Waals surface area contributed by atoms with Gasteiger partial charge in [0.1, 0.15) is 0 Å². The summed E-state index contributed by atoms with van der Waals surface area (Å²) in [6, 6.07) is 3.92. The molecule has 0 amide bonds. The van der Waals surface area contributed by atoms with Gasteiger partial charge < -0.3 is 14.2 Å². The fourth-order valence-corrected chi connectivity index (χ4v) is 6.65. The average Bonchev–Trinajstić information content (AvgIpc) is 3.01. The van der Waals surface area contributed by atoms with Crippen molar-refractivity contribution in [3.63, 3.8) is 0 Å². The summed E-state index contributed by atoms with van der Waals surface area (Å²) in [4.78, 5) is 0. The van der Waals surface area contributed by atoms with Gasteiger partial charge in [0, 0.05) is 11.1 Å². The summed E-state index contributed by atoms with van der Waals surface area (Å²) in [5, 5.41) is 0. The van der Waals surface area contributed by atoms with Crippen LogP contribution >= 0.6 is 0 Å². The highest BCUT2D eigenvalue weighted by Crippen LogP contribution is 2.37. The van der Waals surface area contributed by atoms with Crippen LogP contribution in [0.4, 0.5) is 26.3 Å². The van der Waals surface area contributed by atoms with Crippen LogP contribution in [0.2, 0.25) is 0 Å². The van der Waals surface area contributed by atoms with Crippen LogP contribution in [0.25, 0.3) is 11.1 Å². The largest absolute Gasteiger partial charge is 0.490 e. The Labute approximate surface area is 257 Å². The SMILES string of the molecule is CCCCCC1CCC(OCC(F)(F)Oc2ccc(-c3ccc(OCC4CCC(CCC)CC4)c(F)c3F)c(F)c2F)CC1. The quantitative estimate of drug-likeness (QED) is 0.145. The van der Waals surface area contributed by atoms with E-state index in [0.29, 0.717) is 24.7 Å². The van der Waals surface area contributed by atoms with Crippen molar-refractivity contribution in [1.82, 2.24) is 0 Å². The summed E-state index contributed by atoms with van der Waals surface area (Å²) in [7, 11) is 0. The molecule has 2 saturated carbocycles. The Morgan fingerprint density at radius 3 is 1.80 bits per heavy atom. The van der Waals surface area contributed by atoms with Gasteiger partial charge in [-0.15, -0.1) is 0 Å². The first-order valence-electron chi connectivity index (χ1n) is 16.4. The normalized spacial score (nSPS) is 22.6. The van der Waals surface area contributed by atoms with Gasteiger partial charge in [0.2, 0.25) is 11.6 Å². The van der Waals surface area contributed by atoms with E-state index in [4.69, 9.17) is 9.47 Å². The van der Waals surface area contributed by atoms with E-state index >= 15 is 0 Å². The second-order valence-corrected chi connectivity index (χ2v) is 12.7. The molecule has 0 heterocycles. The third kappa shape index (κ3) is 9.30. The van der Waals surface area contributed by atoms with Crippen molar-refractivity contribution in [1.29, 1.82) is 0 Å². The smallest absolute Gasteiger partial charge is 0.422 e. The van der Waals surface area contributed by atoms with Crippen molar-refractivity contribution in [3.8, 4) is 22.6 Å². The highest BCUT2D eigenvalue weighted by atomic mass is 19.3. The number of hydrogen-bond donors (Lipinski definition) is 0. The number of benzene rings is 2. The van der Waals surface area contributed by atoms with Gasteiger partial charge in [0.25, 0.3) is 0 Å². The highest BCUT2D eigenvalue weighted by Gasteiger charge is 2.36. The fraction of sp³-hybridized carbons (Fsp3) is 0.657. The van der Waals surface area contributed by atoms with Gasteiger partial charge in [-0.05, 0) is 80.5 Å². The Morgan fingerprint density at radius 1 is 0.636 bits per heavy atom. The van der Waals surface area contributed by atoms with Crippen molar-refractivity contribution in [2.75, 3.05) is 13.2 Å². The zero-order valence-corrected chi connectivity index (χ0v) is 25.9. The summed E-state index contributed by atoms with van der Waals surface area (Å²) >= 11 is 0. The summed E-state index contributed by atoms with van der Waals surface area (Å²) in [5.41, 5.74) is -1.18. The zero-order valence-electron chi connectivity index (χ0n) is 25.9. The number of unbranched alkanes of at least 4 members (excludes halogenated alkanes) is 2. The third-order valence-electron chi connectivity index (χ3n) is 9.28. The Bertz CT molecular complexity index is 1190. The maximum atomic E-state index is 15.0. The summed E-state index contributed by atoms with van der Waals surface area (Å²) in [5.74, 6) is -5.93. The topological polar surface area (TPSA) is 27.7 Å². The summed E-state index contributed by atoms with van der Waals surface area (Å²) < 4.78 is 104. The molecular formula is C35H46F6O3. The Balaban J connectivity index is 1.32. The van der Waals surface area contributed by atoms with Crippen molar-refractivity contribution < 1.29 is 40.6 Å². The lowest BCUT2D eigenvalue weighted by Gasteiger charge is -2.29. The molecule has 0 spiro atoms. The van der Waals surface area contributed by atoms with Crippen LogP contribution in [0.1, 0.15) is 104 Å². The first-order chi connectivity index (χ1) is 21.1. The number of alkyl halides is 2. The van der Waals surface area contributed by atoms with E-state index in [0.717, 1.165) is 76.0 Å². The van der Waals surface area contributed by atoms with Crippen molar-refractivity contribution in [2.24, 2.45) is 17.8 Å². The molecule has 44 heavy (non-hydrogen) atoms. The molecule has 3 nitrogen and oxygen atoms in total. The van der Waals surface area contributed by atoms with Crippen LogP contribution < -0.4 is 9.47 Å². The van der Waals surface area contributed by atoms with Crippen LogP contribution in [0.3, 0.4) is 0 Å². The molecule has 2 aromatic rings. The van der Waals surface area contributed by atoms with E-state index < -0.39 is 52.9 Å². The van der Waals surface area contributed by atoms with Crippen molar-refractivity contribution in [3.05, 3.63) is 47.5 Å². The van der Waals surface area contributed by atoms with E-state index in [-0.39, 0.29) is 24.4 Å². The molecule has 246 valence electrons. The number of rotatable bonds is 15. The second kappa shape index (κ2) is 16.2. The van der Waals surface area contributed by atoms with Crippen molar-refractivity contribution >= 4 is 0 Å². The molecular weight excluding hydrogens is 582 g/mol. The zero-order chi connectivity index (χ0) is 31.7. The molecule has 0 atom stereocenters. The number of ether oxygens (including phenoxy) is 3. The minimum atomic E-state index is -3.92. The first-order valence-corrected chi connectivity index (χ1v) is 16.4. The lowest BCUT2D eigenvalue weighted by Crippen LogP contribution is -2.34. The van der Waals surface area contributed by atoms with Crippen LogP contribution in [0.5, 0.6) is 11.5 Å². The Morgan fingerprint density at radius 2 is 1.18 bits per heavy atom. The van der Waals surface area contributed by atoms with Crippen LogP contribution in [0, 0.1) is 41.0 Å². The van der Waals surface area contributed by atoms with Gasteiger partial charge in [-0.3, -0.25) is 0 Å². The van der Waals surface area contributed by atoms with Gasteiger partial charge in [-0.2, -0.15) is 17.6 Å². The molecule has 2 fully saturated rings. The van der Waals surface area contributed by atoms with Crippen molar-refractivity contribution in [2.45, 2.75) is 116 Å². The van der Waals surface area contributed by atoms with E-state index in [1.165, 1.54) is 25.3 Å². The lowest BCUT2D eigenvalue weighted by atomic mass is 9.80. The van der Waals surface area contributed by atoms with Gasteiger partial charge in [-0.1, -0.05) is 65.2 Å². The van der Waals surface area contributed by atoms with Gasteiger partial charge in [0.05, 0.1) is 12.7 Å². The second-order valence-electron chi connectivity index (χ2n) is 12.7. The van der Waals surface area contributed by atoms with E-state index in [2.05, 4.69) is 18.6 Å². The lowest BCUT2D eigenvalue weighted by molar-refractivity contribution is -0.223. The summed E-state index contributed by atoms with van der Waals surface area (Å²) in [6.07, 6.45) is 9.93. The highest BCUT2D eigenvalue weighted by molar-refractivity contribution is 5.67. The minimum absolute atomic E-state index is 0.238. The maximum absolute atomic E-state index is 15.0. The molecule has 2 aliphatic rings. The molecule has 0 aromatic heterocycles. The molecule has 0 N–H and O–H groups in total. The minimum Gasteiger partial charge on any atom is -0.490 e. The van der Waals surface area contributed by atoms with Crippen LogP contribution in [0.15, 0.2) is 24.3 Å². The number of hydrogen-bond acceptors (Lipinski definition) is 3. The molecule has 4 rings (SSSR count). The predicted molar refractivity (Wildman–Crippen MR) is 159 cm³/mol. The average molecular weight is 629 g/mol. The van der Waals surface area contributed by atoms with E-state index in [9.17, 15) is 26.3 Å². The predicted octanol–water partition coefficient (Wildman–Crippen LogP) is 11.0. The molecule has 9 heteroatoms. The number of halogens is 6. The molecule has 2 aliphatic carbocycles. The standard InChI is InChI=1S/C35H46F6O3/c1-3-5-6-8-24-13-15-26(16-14-24)43-22-35(40,41)44-30-20-18-28(32(37)34(30)39)27-17-19-29(33(38)31(27)36)42-21-25-11-9-23(7-4-2)10-12-25/h17-20,23-26H,3-16,21-22H2,1-2H3. The monoisotopic (exact) mass is 628 g/mol. The fourth-order valence-electron chi connectivity index (χ4n) is 6.65. The Kier molecular flexibility index (Phi) is 12.7. The molecule has 0 aliphatic heterocycles. The molecule has 2 aromatic carbocycles. The van der Waals surface area contributed by atoms with E-state index in [1.807, 2.05) is 0 Å². The van der Waals surface area contributed by atoms with Gasteiger partial charge >= 0.3 is 6.11 Å². The van der Waals surface area contributed by atoms with E-state index in [1.54, 1.807) is 0 Å². The first kappa shape index (κ1) is 34.5. The molecule has 0 unspecified atom stereocenters. The molecule has 0 radical (unpaired) electrons. The maximum Gasteiger partial charge on any atom is 0.422 e. The van der Waals surface area contributed by atoms with Gasteiger partial charge in [0.15, 0.2) is 29.7 Å². The van der Waals surface area contributed by atoms with Gasteiger partial charge in [-0.25, -0.2) is 8.78 Å². The third-order valence-corrected chi connectivity index (χ3v) is 9.28. The molecule has 0 bridgehead atoms. The van der Waals surface area contributed by atoms with Crippen LogP contribution in [-0.2, 0) is 4.74 Å². The van der Waals surface area contributed by atoms with Crippen LogP contribution in [-0.4, -0.2) is 25.4 Å².